The van der Waals surface area contributed by atoms with Crippen LogP contribution in [0.1, 0.15) is 44.0 Å². The van der Waals surface area contributed by atoms with Gasteiger partial charge in [0.25, 0.3) is 0 Å². The third-order valence-corrected chi connectivity index (χ3v) is 4.92. The van der Waals surface area contributed by atoms with E-state index >= 15 is 0 Å². The second kappa shape index (κ2) is 6.08. The molecule has 0 amide bonds. The molecule has 0 aliphatic carbocycles. The minimum atomic E-state index is -0.818. The van der Waals surface area contributed by atoms with E-state index in [2.05, 4.69) is 18.7 Å². The third-order valence-electron chi connectivity index (χ3n) is 3.98. The predicted molar refractivity (Wildman–Crippen MR) is 85.0 cm³/mol. The molecule has 3 nitrogen and oxygen atoms in total. The van der Waals surface area contributed by atoms with E-state index in [0.717, 1.165) is 42.3 Å². The molecule has 0 atom stereocenters. The van der Waals surface area contributed by atoms with Gasteiger partial charge in [0, 0.05) is 18.0 Å². The van der Waals surface area contributed by atoms with Gasteiger partial charge in [0.05, 0.1) is 11.3 Å². The normalized spacial score (nSPS) is 18.1. The van der Waals surface area contributed by atoms with Crippen molar-refractivity contribution in [3.05, 3.63) is 23.8 Å². The van der Waals surface area contributed by atoms with Crippen LogP contribution in [-0.2, 0) is 0 Å². The molecular formula is C16H23NO2S. The molecule has 1 aromatic carbocycles. The van der Waals surface area contributed by atoms with E-state index in [4.69, 9.17) is 0 Å². The number of aromatic carboxylic acids is 1. The number of piperidine rings is 1. The summed E-state index contributed by atoms with van der Waals surface area (Å²) in [5, 5.41) is 9.57. The highest BCUT2D eigenvalue weighted by Gasteiger charge is 2.28. The highest BCUT2D eigenvalue weighted by molar-refractivity contribution is 7.99. The number of hydrogen-bond donors (Lipinski definition) is 1. The predicted octanol–water partition coefficient (Wildman–Crippen LogP) is 4.12. The van der Waals surface area contributed by atoms with Crippen LogP contribution in [0.4, 0.5) is 5.69 Å². The van der Waals surface area contributed by atoms with Crippen LogP contribution >= 0.6 is 11.8 Å². The summed E-state index contributed by atoms with van der Waals surface area (Å²) in [5.41, 5.74) is 1.72. The summed E-state index contributed by atoms with van der Waals surface area (Å²) in [5.74, 6) is 0.0675. The van der Waals surface area contributed by atoms with Crippen LogP contribution in [0.25, 0.3) is 0 Å². The molecule has 0 spiro atoms. The van der Waals surface area contributed by atoms with E-state index in [1.165, 1.54) is 0 Å². The number of carboxylic acids is 1. The highest BCUT2D eigenvalue weighted by Crippen LogP contribution is 2.36. The molecule has 0 bridgehead atoms. The monoisotopic (exact) mass is 293 g/mol. The Balaban J connectivity index is 2.32. The van der Waals surface area contributed by atoms with Crippen molar-refractivity contribution in [1.29, 1.82) is 0 Å². The first-order valence-electron chi connectivity index (χ1n) is 7.18. The fraction of sp³-hybridized carbons (Fsp3) is 0.562. The summed E-state index contributed by atoms with van der Waals surface area (Å²) in [7, 11) is 0. The SMILES string of the molecule is CCSc1cccc(N2CCC(C)(C)CC2)c1C(=O)O. The summed E-state index contributed by atoms with van der Waals surface area (Å²) < 4.78 is 0. The third kappa shape index (κ3) is 3.29. The van der Waals surface area contributed by atoms with Gasteiger partial charge in [-0.05, 0) is 36.1 Å². The van der Waals surface area contributed by atoms with Crippen LogP contribution in [0.2, 0.25) is 0 Å². The smallest absolute Gasteiger partial charge is 0.338 e. The quantitative estimate of drug-likeness (QED) is 0.848. The molecule has 1 aliphatic rings. The largest absolute Gasteiger partial charge is 0.478 e. The average molecular weight is 293 g/mol. The van der Waals surface area contributed by atoms with Crippen molar-refractivity contribution in [1.82, 2.24) is 0 Å². The number of nitrogens with zero attached hydrogens (tertiary/aromatic N) is 1. The Labute approximate surface area is 125 Å². The zero-order valence-electron chi connectivity index (χ0n) is 12.5. The molecular weight excluding hydrogens is 270 g/mol. The summed E-state index contributed by atoms with van der Waals surface area (Å²) in [6.07, 6.45) is 2.22. The van der Waals surface area contributed by atoms with Gasteiger partial charge in [0.2, 0.25) is 0 Å². The minimum Gasteiger partial charge on any atom is -0.478 e. The molecule has 1 aliphatic heterocycles. The Morgan fingerprint density at radius 1 is 1.35 bits per heavy atom. The van der Waals surface area contributed by atoms with Crippen LogP contribution in [0, 0.1) is 5.41 Å². The van der Waals surface area contributed by atoms with Crippen LogP contribution in [0.15, 0.2) is 23.1 Å². The van der Waals surface area contributed by atoms with E-state index < -0.39 is 5.97 Å². The standard InChI is InChI=1S/C16H23NO2S/c1-4-20-13-7-5-6-12(14(13)15(18)19)17-10-8-16(2,3)9-11-17/h5-7H,4,8-11H2,1-3H3,(H,18,19). The number of carboxylic acid groups (broad SMARTS) is 1. The lowest BCUT2D eigenvalue weighted by atomic mass is 9.82. The van der Waals surface area contributed by atoms with Gasteiger partial charge >= 0.3 is 5.97 Å². The minimum absolute atomic E-state index is 0.371. The highest BCUT2D eigenvalue weighted by atomic mass is 32.2. The molecule has 4 heteroatoms. The van der Waals surface area contributed by atoms with Gasteiger partial charge in [0.1, 0.15) is 0 Å². The average Bonchev–Trinajstić information content (AvgIpc) is 2.38. The number of benzene rings is 1. The second-order valence-electron chi connectivity index (χ2n) is 6.04. The van der Waals surface area contributed by atoms with E-state index in [-0.39, 0.29) is 0 Å². The van der Waals surface area contributed by atoms with Crippen molar-refractivity contribution in [2.75, 3.05) is 23.7 Å². The second-order valence-corrected chi connectivity index (χ2v) is 7.35. The summed E-state index contributed by atoms with van der Waals surface area (Å²) in [4.78, 5) is 14.8. The molecule has 20 heavy (non-hydrogen) atoms. The maximum absolute atomic E-state index is 11.6. The molecule has 110 valence electrons. The van der Waals surface area contributed by atoms with Crippen LogP contribution in [0.5, 0.6) is 0 Å². The maximum atomic E-state index is 11.6. The topological polar surface area (TPSA) is 40.5 Å². The van der Waals surface area contributed by atoms with Crippen molar-refractivity contribution < 1.29 is 9.90 Å². The summed E-state index contributed by atoms with van der Waals surface area (Å²) in [6, 6.07) is 5.83. The zero-order chi connectivity index (χ0) is 14.8. The zero-order valence-corrected chi connectivity index (χ0v) is 13.3. The number of rotatable bonds is 4. The van der Waals surface area contributed by atoms with Crippen molar-refractivity contribution in [2.24, 2.45) is 5.41 Å². The van der Waals surface area contributed by atoms with Crippen molar-refractivity contribution in [3.63, 3.8) is 0 Å². The molecule has 0 aromatic heterocycles. The van der Waals surface area contributed by atoms with Gasteiger partial charge in [-0.3, -0.25) is 0 Å². The Bertz CT molecular complexity index is 489. The van der Waals surface area contributed by atoms with Gasteiger partial charge in [-0.2, -0.15) is 0 Å². The fourth-order valence-corrected chi connectivity index (χ4v) is 3.45. The molecule has 1 saturated heterocycles. The Morgan fingerprint density at radius 2 is 2.00 bits per heavy atom. The lowest BCUT2D eigenvalue weighted by Gasteiger charge is -2.38. The van der Waals surface area contributed by atoms with Gasteiger partial charge in [-0.1, -0.05) is 26.8 Å². The van der Waals surface area contributed by atoms with Crippen LogP contribution < -0.4 is 4.90 Å². The fourth-order valence-electron chi connectivity index (χ4n) is 2.63. The van der Waals surface area contributed by atoms with Gasteiger partial charge in [0.15, 0.2) is 0 Å². The van der Waals surface area contributed by atoms with Gasteiger partial charge in [-0.25, -0.2) is 4.79 Å². The first kappa shape index (κ1) is 15.2. The molecule has 0 saturated carbocycles. The number of anilines is 1. The van der Waals surface area contributed by atoms with Gasteiger partial charge in [-0.15, -0.1) is 11.8 Å². The van der Waals surface area contributed by atoms with Crippen LogP contribution in [0.3, 0.4) is 0 Å². The Kier molecular flexibility index (Phi) is 4.63. The van der Waals surface area contributed by atoms with E-state index in [0.29, 0.717) is 11.0 Å². The van der Waals surface area contributed by atoms with E-state index in [1.807, 2.05) is 25.1 Å². The van der Waals surface area contributed by atoms with Crippen molar-refractivity contribution in [3.8, 4) is 0 Å². The molecule has 1 heterocycles. The lowest BCUT2D eigenvalue weighted by Crippen LogP contribution is -2.38. The van der Waals surface area contributed by atoms with Crippen LogP contribution in [-0.4, -0.2) is 29.9 Å². The lowest BCUT2D eigenvalue weighted by molar-refractivity contribution is 0.0693. The molecule has 0 radical (unpaired) electrons. The molecule has 1 N–H and O–H groups in total. The van der Waals surface area contributed by atoms with Gasteiger partial charge < -0.3 is 10.0 Å². The first-order valence-corrected chi connectivity index (χ1v) is 8.17. The number of thioether (sulfide) groups is 1. The number of carbonyl (C=O) groups is 1. The molecule has 1 fully saturated rings. The Hall–Kier alpha value is -1.16. The molecule has 0 unspecified atom stereocenters. The molecule has 2 rings (SSSR count). The number of hydrogen-bond acceptors (Lipinski definition) is 3. The molecule has 1 aromatic rings. The summed E-state index contributed by atoms with van der Waals surface area (Å²) in [6.45, 7) is 8.49. The van der Waals surface area contributed by atoms with Crippen molar-refractivity contribution >= 4 is 23.4 Å². The van der Waals surface area contributed by atoms with E-state index in [9.17, 15) is 9.90 Å². The van der Waals surface area contributed by atoms with E-state index in [1.54, 1.807) is 11.8 Å². The Morgan fingerprint density at radius 3 is 2.55 bits per heavy atom. The summed E-state index contributed by atoms with van der Waals surface area (Å²) >= 11 is 1.60. The maximum Gasteiger partial charge on any atom is 0.338 e. The van der Waals surface area contributed by atoms with Crippen molar-refractivity contribution in [2.45, 2.75) is 38.5 Å². The first-order chi connectivity index (χ1) is 9.44.